The van der Waals surface area contributed by atoms with Gasteiger partial charge < -0.3 is 9.80 Å². The van der Waals surface area contributed by atoms with Crippen LogP contribution in [0.3, 0.4) is 0 Å². The average molecular weight is 210 g/mol. The lowest BCUT2D eigenvalue weighted by atomic mass is 9.96. The molecule has 0 unspecified atom stereocenters. The summed E-state index contributed by atoms with van der Waals surface area (Å²) < 4.78 is 0. The van der Waals surface area contributed by atoms with Gasteiger partial charge in [-0.1, -0.05) is 0 Å². The normalized spacial score (nSPS) is 24.7. The van der Waals surface area contributed by atoms with Gasteiger partial charge in [-0.05, 0) is 44.7 Å². The Morgan fingerprint density at radius 3 is 2.27 bits per heavy atom. The van der Waals surface area contributed by atoms with Crippen molar-refractivity contribution < 1.29 is 4.79 Å². The van der Waals surface area contributed by atoms with Crippen LogP contribution in [0.5, 0.6) is 0 Å². The Kier molecular flexibility index (Phi) is 3.62. The fourth-order valence-corrected chi connectivity index (χ4v) is 2.76. The van der Waals surface area contributed by atoms with E-state index in [-0.39, 0.29) is 5.91 Å². The molecule has 0 aromatic carbocycles. The zero-order valence-corrected chi connectivity index (χ0v) is 9.74. The number of piperidine rings is 1. The number of hydrogen-bond acceptors (Lipinski definition) is 2. The van der Waals surface area contributed by atoms with E-state index in [1.54, 1.807) is 6.92 Å². The van der Waals surface area contributed by atoms with Crippen LogP contribution in [0.2, 0.25) is 0 Å². The Bertz CT molecular complexity index is 216. The first-order valence-corrected chi connectivity index (χ1v) is 6.23. The quantitative estimate of drug-likeness (QED) is 0.686. The van der Waals surface area contributed by atoms with Crippen molar-refractivity contribution in [1.82, 2.24) is 9.80 Å². The van der Waals surface area contributed by atoms with E-state index < -0.39 is 0 Å². The minimum atomic E-state index is 0.245. The van der Waals surface area contributed by atoms with Crippen LogP contribution >= 0.6 is 0 Å². The van der Waals surface area contributed by atoms with Gasteiger partial charge in [-0.15, -0.1) is 0 Å². The van der Waals surface area contributed by atoms with Gasteiger partial charge in [-0.3, -0.25) is 4.79 Å². The Morgan fingerprint density at radius 2 is 1.73 bits per heavy atom. The number of rotatable bonds is 2. The zero-order chi connectivity index (χ0) is 10.7. The molecule has 2 heterocycles. The molecule has 2 rings (SSSR count). The smallest absolute Gasteiger partial charge is 0.219 e. The maximum atomic E-state index is 11.2. The van der Waals surface area contributed by atoms with E-state index in [0.29, 0.717) is 0 Å². The molecule has 2 fully saturated rings. The lowest BCUT2D eigenvalue weighted by Crippen LogP contribution is -2.40. The van der Waals surface area contributed by atoms with E-state index in [1.807, 2.05) is 4.90 Å². The van der Waals surface area contributed by atoms with Gasteiger partial charge in [0, 0.05) is 26.6 Å². The lowest BCUT2D eigenvalue weighted by Gasteiger charge is -2.33. The molecule has 0 aromatic rings. The van der Waals surface area contributed by atoms with Crippen molar-refractivity contribution in [3.63, 3.8) is 0 Å². The van der Waals surface area contributed by atoms with Gasteiger partial charge in [0.15, 0.2) is 0 Å². The van der Waals surface area contributed by atoms with Gasteiger partial charge >= 0.3 is 0 Å². The lowest BCUT2D eigenvalue weighted by molar-refractivity contribution is -0.130. The van der Waals surface area contributed by atoms with E-state index in [1.165, 1.54) is 45.3 Å². The molecule has 1 amide bonds. The largest absolute Gasteiger partial charge is 0.343 e. The molecular weight excluding hydrogens is 188 g/mol. The van der Waals surface area contributed by atoms with Crippen molar-refractivity contribution in [2.24, 2.45) is 5.92 Å². The number of hydrogen-bond donors (Lipinski definition) is 0. The monoisotopic (exact) mass is 210 g/mol. The minimum Gasteiger partial charge on any atom is -0.343 e. The van der Waals surface area contributed by atoms with Crippen LogP contribution in [0.25, 0.3) is 0 Å². The van der Waals surface area contributed by atoms with Gasteiger partial charge in [0.1, 0.15) is 0 Å². The molecule has 0 N–H and O–H groups in total. The third-order valence-corrected chi connectivity index (χ3v) is 3.77. The molecule has 0 aliphatic carbocycles. The maximum absolute atomic E-state index is 11.2. The van der Waals surface area contributed by atoms with Crippen LogP contribution in [-0.2, 0) is 4.79 Å². The number of carbonyl (C=O) groups excluding carboxylic acids is 1. The van der Waals surface area contributed by atoms with Crippen molar-refractivity contribution in [3.8, 4) is 0 Å². The van der Waals surface area contributed by atoms with E-state index in [0.717, 1.165) is 19.0 Å². The Balaban J connectivity index is 1.71. The van der Waals surface area contributed by atoms with E-state index in [9.17, 15) is 4.79 Å². The highest BCUT2D eigenvalue weighted by atomic mass is 16.2. The first-order chi connectivity index (χ1) is 7.25. The van der Waals surface area contributed by atoms with Crippen molar-refractivity contribution in [2.45, 2.75) is 32.6 Å². The standard InChI is InChI=1S/C12H22N2O/c1-11(15)14-8-4-12(5-9-14)10-13-6-2-3-7-13/h12H,2-10H2,1H3. The molecule has 3 nitrogen and oxygen atoms in total. The number of amides is 1. The highest BCUT2D eigenvalue weighted by molar-refractivity contribution is 5.73. The molecule has 3 heteroatoms. The maximum Gasteiger partial charge on any atom is 0.219 e. The Labute approximate surface area is 92.4 Å². The number of nitrogens with zero attached hydrogens (tertiary/aromatic N) is 2. The van der Waals surface area contributed by atoms with Gasteiger partial charge in [-0.2, -0.15) is 0 Å². The van der Waals surface area contributed by atoms with Crippen LogP contribution in [-0.4, -0.2) is 48.4 Å². The van der Waals surface area contributed by atoms with Crippen LogP contribution in [0, 0.1) is 5.92 Å². The average Bonchev–Trinajstić information content (AvgIpc) is 2.71. The molecule has 0 saturated carbocycles. The molecular formula is C12H22N2O. The summed E-state index contributed by atoms with van der Waals surface area (Å²) in [5.74, 6) is 1.08. The van der Waals surface area contributed by atoms with Gasteiger partial charge in [0.25, 0.3) is 0 Å². The van der Waals surface area contributed by atoms with Crippen molar-refractivity contribution in [3.05, 3.63) is 0 Å². The summed E-state index contributed by atoms with van der Waals surface area (Å²) in [7, 11) is 0. The summed E-state index contributed by atoms with van der Waals surface area (Å²) >= 11 is 0. The Morgan fingerprint density at radius 1 is 1.13 bits per heavy atom. The second kappa shape index (κ2) is 4.97. The SMILES string of the molecule is CC(=O)N1CCC(CN2CCCC2)CC1. The van der Waals surface area contributed by atoms with Gasteiger partial charge in [0.2, 0.25) is 5.91 Å². The zero-order valence-electron chi connectivity index (χ0n) is 9.74. The minimum absolute atomic E-state index is 0.245. The first kappa shape index (κ1) is 10.9. The van der Waals surface area contributed by atoms with Gasteiger partial charge in [0.05, 0.1) is 0 Å². The van der Waals surface area contributed by atoms with E-state index in [4.69, 9.17) is 0 Å². The van der Waals surface area contributed by atoms with E-state index >= 15 is 0 Å². The highest BCUT2D eigenvalue weighted by Gasteiger charge is 2.23. The van der Waals surface area contributed by atoms with Crippen molar-refractivity contribution in [1.29, 1.82) is 0 Å². The molecule has 2 saturated heterocycles. The highest BCUT2D eigenvalue weighted by Crippen LogP contribution is 2.20. The van der Waals surface area contributed by atoms with Crippen LogP contribution in [0.15, 0.2) is 0 Å². The third kappa shape index (κ3) is 2.94. The summed E-state index contributed by atoms with van der Waals surface area (Å²) in [4.78, 5) is 15.7. The molecule has 0 aromatic heterocycles. The van der Waals surface area contributed by atoms with E-state index in [2.05, 4.69) is 4.90 Å². The van der Waals surface area contributed by atoms with Crippen LogP contribution in [0.1, 0.15) is 32.6 Å². The number of likely N-dealkylation sites (tertiary alicyclic amines) is 2. The number of carbonyl (C=O) groups is 1. The second-order valence-electron chi connectivity index (χ2n) is 4.96. The van der Waals surface area contributed by atoms with Crippen LogP contribution in [0.4, 0.5) is 0 Å². The van der Waals surface area contributed by atoms with Gasteiger partial charge in [-0.25, -0.2) is 0 Å². The predicted octanol–water partition coefficient (Wildman–Crippen LogP) is 1.34. The Hall–Kier alpha value is -0.570. The second-order valence-corrected chi connectivity index (χ2v) is 4.96. The fraction of sp³-hybridized carbons (Fsp3) is 0.917. The molecule has 15 heavy (non-hydrogen) atoms. The molecule has 0 radical (unpaired) electrons. The molecule has 0 spiro atoms. The summed E-state index contributed by atoms with van der Waals surface area (Å²) in [6, 6.07) is 0. The predicted molar refractivity (Wildman–Crippen MR) is 60.7 cm³/mol. The molecule has 2 aliphatic heterocycles. The third-order valence-electron chi connectivity index (χ3n) is 3.77. The summed E-state index contributed by atoms with van der Waals surface area (Å²) in [5, 5.41) is 0. The molecule has 0 bridgehead atoms. The molecule has 86 valence electrons. The first-order valence-electron chi connectivity index (χ1n) is 6.23. The fourth-order valence-electron chi connectivity index (χ4n) is 2.76. The van der Waals surface area contributed by atoms with Crippen molar-refractivity contribution >= 4 is 5.91 Å². The summed E-state index contributed by atoms with van der Waals surface area (Å²) in [6.07, 6.45) is 5.17. The summed E-state index contributed by atoms with van der Waals surface area (Å²) in [6.45, 7) is 7.51. The van der Waals surface area contributed by atoms with Crippen molar-refractivity contribution in [2.75, 3.05) is 32.7 Å². The summed E-state index contributed by atoms with van der Waals surface area (Å²) in [5.41, 5.74) is 0. The topological polar surface area (TPSA) is 23.6 Å². The molecule has 0 atom stereocenters. The van der Waals surface area contributed by atoms with Crippen LogP contribution < -0.4 is 0 Å². The molecule has 2 aliphatic rings.